The Morgan fingerprint density at radius 3 is 2.77 bits per heavy atom. The van der Waals surface area contributed by atoms with Gasteiger partial charge in [-0.1, -0.05) is 55.4 Å². The van der Waals surface area contributed by atoms with Gasteiger partial charge in [0.05, 0.1) is 12.0 Å². The molecule has 2 heterocycles. The van der Waals surface area contributed by atoms with Gasteiger partial charge in [0.1, 0.15) is 0 Å². The molecule has 0 aliphatic carbocycles. The van der Waals surface area contributed by atoms with E-state index in [-0.39, 0.29) is 5.91 Å². The predicted molar refractivity (Wildman–Crippen MR) is 102 cm³/mol. The molecule has 0 unspecified atom stereocenters. The van der Waals surface area contributed by atoms with Gasteiger partial charge in [-0.05, 0) is 24.1 Å². The number of benzene rings is 1. The summed E-state index contributed by atoms with van der Waals surface area (Å²) in [7, 11) is 0. The van der Waals surface area contributed by atoms with Crippen LogP contribution in [0.15, 0.2) is 58.3 Å². The molecule has 0 spiro atoms. The van der Waals surface area contributed by atoms with E-state index in [9.17, 15) is 4.79 Å². The third kappa shape index (κ3) is 4.76. The van der Waals surface area contributed by atoms with E-state index in [1.54, 1.807) is 6.26 Å². The van der Waals surface area contributed by atoms with Gasteiger partial charge in [0.2, 0.25) is 5.91 Å². The number of thioether (sulfide) groups is 1. The van der Waals surface area contributed by atoms with Crippen molar-refractivity contribution in [3.05, 3.63) is 54.3 Å². The zero-order chi connectivity index (χ0) is 18.2. The van der Waals surface area contributed by atoms with Gasteiger partial charge in [-0.25, -0.2) is 0 Å². The maximum atomic E-state index is 12.1. The molecule has 0 aliphatic rings. The van der Waals surface area contributed by atoms with Crippen LogP contribution < -0.4 is 5.32 Å². The number of aromatic nitrogens is 3. The Morgan fingerprint density at radius 2 is 2.04 bits per heavy atom. The Kier molecular flexibility index (Phi) is 6.49. The molecular formula is C19H22N4O2S. The third-order valence-electron chi connectivity index (χ3n) is 3.86. The molecule has 1 aromatic carbocycles. The molecule has 0 atom stereocenters. The zero-order valence-corrected chi connectivity index (χ0v) is 15.5. The number of carbonyl (C=O) groups is 1. The van der Waals surface area contributed by atoms with Gasteiger partial charge in [-0.2, -0.15) is 0 Å². The van der Waals surface area contributed by atoms with Gasteiger partial charge in [0, 0.05) is 13.1 Å². The summed E-state index contributed by atoms with van der Waals surface area (Å²) < 4.78 is 7.48. The summed E-state index contributed by atoms with van der Waals surface area (Å²) in [5.74, 6) is 1.67. The largest absolute Gasteiger partial charge is 0.461 e. The summed E-state index contributed by atoms with van der Waals surface area (Å²) in [6.45, 7) is 3.47. The first-order chi connectivity index (χ1) is 12.8. The number of rotatable bonds is 9. The summed E-state index contributed by atoms with van der Waals surface area (Å²) >= 11 is 1.39. The summed E-state index contributed by atoms with van der Waals surface area (Å²) in [4.78, 5) is 12.1. The number of furan rings is 1. The van der Waals surface area contributed by atoms with Crippen molar-refractivity contribution in [2.75, 3.05) is 5.75 Å². The first kappa shape index (κ1) is 18.3. The fourth-order valence-corrected chi connectivity index (χ4v) is 3.27. The van der Waals surface area contributed by atoms with Crippen LogP contribution in [0.25, 0.3) is 11.6 Å². The highest BCUT2D eigenvalue weighted by atomic mass is 32.2. The molecule has 2 aromatic heterocycles. The van der Waals surface area contributed by atoms with Crippen molar-refractivity contribution >= 4 is 17.7 Å². The summed E-state index contributed by atoms with van der Waals surface area (Å²) in [5.41, 5.74) is 1.08. The highest BCUT2D eigenvalue weighted by Gasteiger charge is 2.17. The van der Waals surface area contributed by atoms with Crippen LogP contribution in [0.1, 0.15) is 25.3 Å². The number of amides is 1. The van der Waals surface area contributed by atoms with Crippen molar-refractivity contribution in [1.82, 2.24) is 20.1 Å². The summed E-state index contributed by atoms with van der Waals surface area (Å²) in [6.07, 6.45) is 3.70. The lowest BCUT2D eigenvalue weighted by molar-refractivity contribution is -0.118. The molecule has 0 fully saturated rings. The van der Waals surface area contributed by atoms with Crippen molar-refractivity contribution in [1.29, 1.82) is 0 Å². The lowest BCUT2D eigenvalue weighted by Crippen LogP contribution is -2.24. The Balaban J connectivity index is 1.61. The second-order valence-corrected chi connectivity index (χ2v) is 6.78. The number of unbranched alkanes of at least 4 members (excludes halogenated alkanes) is 1. The molecule has 0 aliphatic heterocycles. The zero-order valence-electron chi connectivity index (χ0n) is 14.7. The second kappa shape index (κ2) is 9.24. The van der Waals surface area contributed by atoms with Crippen molar-refractivity contribution < 1.29 is 9.21 Å². The van der Waals surface area contributed by atoms with Crippen LogP contribution in [-0.4, -0.2) is 26.4 Å². The van der Waals surface area contributed by atoms with E-state index in [1.165, 1.54) is 11.8 Å². The van der Waals surface area contributed by atoms with Gasteiger partial charge >= 0.3 is 0 Å². The average Bonchev–Trinajstić information content (AvgIpc) is 3.33. The van der Waals surface area contributed by atoms with Gasteiger partial charge < -0.3 is 9.73 Å². The van der Waals surface area contributed by atoms with Crippen LogP contribution in [0.5, 0.6) is 0 Å². The third-order valence-corrected chi connectivity index (χ3v) is 4.83. The van der Waals surface area contributed by atoms with Crippen LogP contribution in [0.4, 0.5) is 0 Å². The molecule has 0 saturated heterocycles. The van der Waals surface area contributed by atoms with E-state index < -0.39 is 0 Å². The first-order valence-electron chi connectivity index (χ1n) is 8.68. The van der Waals surface area contributed by atoms with Crippen LogP contribution in [0.3, 0.4) is 0 Å². The maximum Gasteiger partial charge on any atom is 0.230 e. The van der Waals surface area contributed by atoms with Crippen LogP contribution >= 0.6 is 11.8 Å². The molecule has 26 heavy (non-hydrogen) atoms. The molecule has 1 amide bonds. The maximum absolute atomic E-state index is 12.1. The van der Waals surface area contributed by atoms with E-state index in [0.717, 1.165) is 30.1 Å². The van der Waals surface area contributed by atoms with Crippen LogP contribution in [0.2, 0.25) is 0 Å². The Labute approximate surface area is 157 Å². The molecule has 3 rings (SSSR count). The lowest BCUT2D eigenvalue weighted by Gasteiger charge is -2.08. The standard InChI is InChI=1S/C19H22N4O2S/c1-2-3-11-23-18(16-10-7-12-25-16)21-22-19(23)26-14-17(24)20-13-15-8-5-4-6-9-15/h4-10,12H,2-3,11,13-14H2,1H3,(H,20,24). The normalized spacial score (nSPS) is 10.8. The van der Waals surface area contributed by atoms with E-state index in [1.807, 2.05) is 47.0 Å². The average molecular weight is 370 g/mol. The van der Waals surface area contributed by atoms with E-state index in [2.05, 4.69) is 22.4 Å². The minimum Gasteiger partial charge on any atom is -0.461 e. The molecular weight excluding hydrogens is 348 g/mol. The van der Waals surface area contributed by atoms with Crippen molar-refractivity contribution in [2.45, 2.75) is 38.0 Å². The molecule has 1 N–H and O–H groups in total. The Morgan fingerprint density at radius 1 is 1.19 bits per heavy atom. The highest BCUT2D eigenvalue weighted by molar-refractivity contribution is 7.99. The molecule has 0 radical (unpaired) electrons. The number of nitrogens with zero attached hydrogens (tertiary/aromatic N) is 3. The topological polar surface area (TPSA) is 73.0 Å². The van der Waals surface area contributed by atoms with E-state index in [4.69, 9.17) is 4.42 Å². The SMILES string of the molecule is CCCCn1c(SCC(=O)NCc2ccccc2)nnc1-c1ccco1. The molecule has 0 saturated carbocycles. The summed E-state index contributed by atoms with van der Waals surface area (Å²) in [6, 6.07) is 13.6. The van der Waals surface area contributed by atoms with Gasteiger partial charge in [-0.3, -0.25) is 9.36 Å². The first-order valence-corrected chi connectivity index (χ1v) is 9.67. The minimum atomic E-state index is -0.0246. The second-order valence-electron chi connectivity index (χ2n) is 5.84. The molecule has 6 nitrogen and oxygen atoms in total. The molecule has 0 bridgehead atoms. The fourth-order valence-electron chi connectivity index (χ4n) is 2.48. The Hall–Kier alpha value is -2.54. The molecule has 7 heteroatoms. The van der Waals surface area contributed by atoms with Gasteiger partial charge in [0.25, 0.3) is 0 Å². The minimum absolute atomic E-state index is 0.0246. The number of hydrogen-bond donors (Lipinski definition) is 1. The van der Waals surface area contributed by atoms with Crippen LogP contribution in [-0.2, 0) is 17.9 Å². The lowest BCUT2D eigenvalue weighted by atomic mass is 10.2. The van der Waals surface area contributed by atoms with E-state index >= 15 is 0 Å². The number of hydrogen-bond acceptors (Lipinski definition) is 5. The Bertz CT molecular complexity index is 815. The van der Waals surface area contributed by atoms with Gasteiger partial charge in [-0.15, -0.1) is 10.2 Å². The van der Waals surface area contributed by atoms with Crippen molar-refractivity contribution in [3.63, 3.8) is 0 Å². The van der Waals surface area contributed by atoms with Crippen molar-refractivity contribution in [2.24, 2.45) is 0 Å². The van der Waals surface area contributed by atoms with Gasteiger partial charge in [0.15, 0.2) is 16.7 Å². The van der Waals surface area contributed by atoms with E-state index in [0.29, 0.717) is 23.9 Å². The predicted octanol–water partition coefficient (Wildman–Crippen LogP) is 3.75. The molecule has 3 aromatic rings. The molecule has 136 valence electrons. The van der Waals surface area contributed by atoms with Crippen molar-refractivity contribution in [3.8, 4) is 11.6 Å². The highest BCUT2D eigenvalue weighted by Crippen LogP contribution is 2.24. The summed E-state index contributed by atoms with van der Waals surface area (Å²) in [5, 5.41) is 12.2. The number of nitrogens with one attached hydrogen (secondary N) is 1. The quantitative estimate of drug-likeness (QED) is 0.581. The monoisotopic (exact) mass is 370 g/mol. The number of carbonyl (C=O) groups excluding carboxylic acids is 1. The fraction of sp³-hybridized carbons (Fsp3) is 0.316. The smallest absolute Gasteiger partial charge is 0.230 e. The van der Waals surface area contributed by atoms with Crippen LogP contribution in [0, 0.1) is 0 Å².